The number of carbonyl (C=O) groups excluding carboxylic acids is 1. The van der Waals surface area contributed by atoms with Crippen molar-refractivity contribution in [1.82, 2.24) is 4.90 Å². The third-order valence-corrected chi connectivity index (χ3v) is 2.76. The van der Waals surface area contributed by atoms with Gasteiger partial charge in [0, 0.05) is 32.4 Å². The molecule has 0 saturated carbocycles. The van der Waals surface area contributed by atoms with Crippen LogP contribution in [0.2, 0.25) is 0 Å². The zero-order chi connectivity index (χ0) is 13.4. The Kier molecular flexibility index (Phi) is 6.22. The van der Waals surface area contributed by atoms with E-state index < -0.39 is 0 Å². The maximum Gasteiger partial charge on any atom is 0.256 e. The fourth-order valence-electron chi connectivity index (χ4n) is 1.79. The molecule has 4 nitrogen and oxygen atoms in total. The number of hydrogen-bond acceptors (Lipinski definition) is 3. The zero-order valence-electron chi connectivity index (χ0n) is 11.4. The van der Waals surface area contributed by atoms with Crippen molar-refractivity contribution in [2.24, 2.45) is 0 Å². The summed E-state index contributed by atoms with van der Waals surface area (Å²) in [6, 6.07) is 7.61. The third-order valence-electron chi connectivity index (χ3n) is 2.76. The van der Waals surface area contributed by atoms with Gasteiger partial charge >= 0.3 is 0 Å². The molecule has 0 aliphatic rings. The molecule has 18 heavy (non-hydrogen) atoms. The number of nitrogens with zero attached hydrogens (tertiary/aromatic N) is 1. The molecule has 1 aromatic rings. The molecule has 0 aliphatic carbocycles. The number of carbonyl (C=O) groups is 1. The molecule has 0 aromatic heterocycles. The number of nitrogens with one attached hydrogen (secondary N) is 1. The van der Waals surface area contributed by atoms with Gasteiger partial charge in [-0.25, -0.2) is 0 Å². The van der Waals surface area contributed by atoms with Gasteiger partial charge in [0.05, 0.1) is 12.2 Å². The van der Waals surface area contributed by atoms with E-state index in [1.54, 1.807) is 12.0 Å². The maximum absolute atomic E-state index is 12.4. The van der Waals surface area contributed by atoms with E-state index in [0.29, 0.717) is 19.7 Å². The summed E-state index contributed by atoms with van der Waals surface area (Å²) < 4.78 is 5.03. The summed E-state index contributed by atoms with van der Waals surface area (Å²) in [5.74, 6) is 0.0473. The predicted molar refractivity (Wildman–Crippen MR) is 74.1 cm³/mol. The molecule has 0 bridgehead atoms. The zero-order valence-corrected chi connectivity index (χ0v) is 11.4. The first-order valence-corrected chi connectivity index (χ1v) is 6.35. The van der Waals surface area contributed by atoms with Crippen molar-refractivity contribution in [2.45, 2.75) is 13.8 Å². The summed E-state index contributed by atoms with van der Waals surface area (Å²) in [6.45, 7) is 6.65. The van der Waals surface area contributed by atoms with E-state index in [2.05, 4.69) is 5.32 Å². The topological polar surface area (TPSA) is 41.6 Å². The van der Waals surface area contributed by atoms with Gasteiger partial charge in [-0.2, -0.15) is 0 Å². The van der Waals surface area contributed by atoms with Crippen molar-refractivity contribution >= 4 is 11.6 Å². The standard InChI is InChI=1S/C14H22N2O2/c1-4-15-13-9-7-6-8-12(13)14(17)16(5-2)10-11-18-3/h6-9,15H,4-5,10-11H2,1-3H3. The lowest BCUT2D eigenvalue weighted by Crippen LogP contribution is -2.34. The van der Waals surface area contributed by atoms with Gasteiger partial charge in [-0.1, -0.05) is 12.1 Å². The summed E-state index contributed by atoms with van der Waals surface area (Å²) in [6.07, 6.45) is 0. The molecule has 1 N–H and O–H groups in total. The molecule has 0 fully saturated rings. The molecular weight excluding hydrogens is 228 g/mol. The summed E-state index contributed by atoms with van der Waals surface area (Å²) in [5.41, 5.74) is 1.61. The van der Waals surface area contributed by atoms with Crippen molar-refractivity contribution in [3.05, 3.63) is 29.8 Å². The largest absolute Gasteiger partial charge is 0.385 e. The first kappa shape index (κ1) is 14.5. The Morgan fingerprint density at radius 2 is 2.06 bits per heavy atom. The molecule has 0 aliphatic heterocycles. The molecular formula is C14H22N2O2. The molecule has 0 atom stereocenters. The number of likely N-dealkylation sites (N-methyl/N-ethyl adjacent to an activating group) is 1. The highest BCUT2D eigenvalue weighted by molar-refractivity contribution is 5.99. The first-order valence-electron chi connectivity index (χ1n) is 6.35. The van der Waals surface area contributed by atoms with Crippen LogP contribution in [0.4, 0.5) is 5.69 Å². The number of para-hydroxylation sites is 1. The Labute approximate surface area is 109 Å². The molecule has 0 spiro atoms. The van der Waals surface area contributed by atoms with Gasteiger partial charge < -0.3 is 15.0 Å². The van der Waals surface area contributed by atoms with Gasteiger partial charge in [0.25, 0.3) is 5.91 Å². The van der Waals surface area contributed by atoms with Crippen LogP contribution in [0.1, 0.15) is 24.2 Å². The fraction of sp³-hybridized carbons (Fsp3) is 0.500. The Bertz CT molecular complexity index is 380. The predicted octanol–water partition coefficient (Wildman–Crippen LogP) is 2.23. The molecule has 1 rings (SSSR count). The number of methoxy groups -OCH3 is 1. The molecule has 1 aromatic carbocycles. The fourth-order valence-corrected chi connectivity index (χ4v) is 1.79. The van der Waals surface area contributed by atoms with Gasteiger partial charge in [0.1, 0.15) is 0 Å². The van der Waals surface area contributed by atoms with Crippen molar-refractivity contribution in [2.75, 3.05) is 38.7 Å². The van der Waals surface area contributed by atoms with Crippen LogP contribution in [0.15, 0.2) is 24.3 Å². The van der Waals surface area contributed by atoms with Crippen LogP contribution in [0.5, 0.6) is 0 Å². The highest BCUT2D eigenvalue weighted by Gasteiger charge is 2.16. The lowest BCUT2D eigenvalue weighted by atomic mass is 10.1. The number of benzene rings is 1. The lowest BCUT2D eigenvalue weighted by Gasteiger charge is -2.22. The Balaban J connectivity index is 2.86. The van der Waals surface area contributed by atoms with Gasteiger partial charge in [-0.3, -0.25) is 4.79 Å². The van der Waals surface area contributed by atoms with Crippen LogP contribution in [0.25, 0.3) is 0 Å². The molecule has 4 heteroatoms. The lowest BCUT2D eigenvalue weighted by molar-refractivity contribution is 0.0707. The van der Waals surface area contributed by atoms with Crippen LogP contribution in [0.3, 0.4) is 0 Å². The Hall–Kier alpha value is -1.55. The molecule has 100 valence electrons. The van der Waals surface area contributed by atoms with E-state index in [-0.39, 0.29) is 5.91 Å². The van der Waals surface area contributed by atoms with Gasteiger partial charge in [0.15, 0.2) is 0 Å². The van der Waals surface area contributed by atoms with E-state index >= 15 is 0 Å². The monoisotopic (exact) mass is 250 g/mol. The number of amides is 1. The first-order chi connectivity index (χ1) is 8.74. The van der Waals surface area contributed by atoms with Gasteiger partial charge in [0.2, 0.25) is 0 Å². The number of anilines is 1. The van der Waals surface area contributed by atoms with Crippen LogP contribution in [0, 0.1) is 0 Å². The van der Waals surface area contributed by atoms with Crippen LogP contribution in [-0.2, 0) is 4.74 Å². The average Bonchev–Trinajstić information content (AvgIpc) is 2.40. The van der Waals surface area contributed by atoms with Crippen molar-refractivity contribution < 1.29 is 9.53 Å². The maximum atomic E-state index is 12.4. The van der Waals surface area contributed by atoms with Crippen LogP contribution < -0.4 is 5.32 Å². The van der Waals surface area contributed by atoms with Gasteiger partial charge in [-0.05, 0) is 26.0 Å². The molecule has 0 unspecified atom stereocenters. The van der Waals surface area contributed by atoms with E-state index in [0.717, 1.165) is 17.8 Å². The SMILES string of the molecule is CCNc1ccccc1C(=O)N(CC)CCOC. The quantitative estimate of drug-likeness (QED) is 0.807. The van der Waals surface area contributed by atoms with Crippen molar-refractivity contribution in [3.63, 3.8) is 0 Å². The third kappa shape index (κ3) is 3.74. The number of hydrogen-bond donors (Lipinski definition) is 1. The van der Waals surface area contributed by atoms with E-state index in [1.807, 2.05) is 38.1 Å². The second-order valence-electron chi connectivity index (χ2n) is 3.95. The Morgan fingerprint density at radius 3 is 2.67 bits per heavy atom. The van der Waals surface area contributed by atoms with Crippen LogP contribution >= 0.6 is 0 Å². The summed E-state index contributed by atoms with van der Waals surface area (Å²) in [4.78, 5) is 14.2. The molecule has 0 radical (unpaired) electrons. The smallest absolute Gasteiger partial charge is 0.256 e. The molecule has 0 heterocycles. The van der Waals surface area contributed by atoms with Crippen LogP contribution in [-0.4, -0.2) is 44.2 Å². The second-order valence-corrected chi connectivity index (χ2v) is 3.95. The normalized spacial score (nSPS) is 10.2. The van der Waals surface area contributed by atoms with E-state index in [9.17, 15) is 4.79 Å². The molecule has 0 saturated heterocycles. The highest BCUT2D eigenvalue weighted by Crippen LogP contribution is 2.17. The second kappa shape index (κ2) is 7.71. The average molecular weight is 250 g/mol. The number of rotatable bonds is 7. The van der Waals surface area contributed by atoms with Crippen molar-refractivity contribution in [1.29, 1.82) is 0 Å². The summed E-state index contributed by atoms with van der Waals surface area (Å²) >= 11 is 0. The number of ether oxygens (including phenoxy) is 1. The summed E-state index contributed by atoms with van der Waals surface area (Å²) in [7, 11) is 1.64. The minimum absolute atomic E-state index is 0.0473. The highest BCUT2D eigenvalue weighted by atomic mass is 16.5. The van der Waals surface area contributed by atoms with Crippen molar-refractivity contribution in [3.8, 4) is 0 Å². The minimum Gasteiger partial charge on any atom is -0.385 e. The van der Waals surface area contributed by atoms with E-state index in [4.69, 9.17) is 4.74 Å². The summed E-state index contributed by atoms with van der Waals surface area (Å²) in [5, 5.41) is 3.21. The molecule has 1 amide bonds. The van der Waals surface area contributed by atoms with E-state index in [1.165, 1.54) is 0 Å². The Morgan fingerprint density at radius 1 is 1.33 bits per heavy atom. The minimum atomic E-state index is 0.0473. The van der Waals surface area contributed by atoms with Gasteiger partial charge in [-0.15, -0.1) is 0 Å².